The fraction of sp³-hybridized carbons (Fsp3) is 0.385. The topological polar surface area (TPSA) is 34.4 Å². The van der Waals surface area contributed by atoms with E-state index in [2.05, 4.69) is 5.32 Å². The van der Waals surface area contributed by atoms with Crippen LogP contribution >= 0.6 is 0 Å². The third-order valence-electron chi connectivity index (χ3n) is 2.98. The van der Waals surface area contributed by atoms with Crippen molar-refractivity contribution in [2.24, 2.45) is 0 Å². The fourth-order valence-electron chi connectivity index (χ4n) is 2.12. The highest BCUT2D eigenvalue weighted by molar-refractivity contribution is 5.78. The van der Waals surface area contributed by atoms with E-state index in [9.17, 15) is 0 Å². The number of fused-ring (bicyclic) bond motifs is 1. The minimum atomic E-state index is 0.293. The van der Waals surface area contributed by atoms with E-state index in [-0.39, 0.29) is 0 Å². The fourth-order valence-corrected chi connectivity index (χ4v) is 2.12. The summed E-state index contributed by atoms with van der Waals surface area (Å²) in [6.45, 7) is 2.05. The van der Waals surface area contributed by atoms with Crippen LogP contribution in [0.2, 0.25) is 0 Å². The molecule has 0 amide bonds. The maximum absolute atomic E-state index is 5.91. The lowest BCUT2D eigenvalue weighted by atomic mass is 10.1. The monoisotopic (exact) mass is 217 g/mol. The zero-order valence-corrected chi connectivity index (χ0v) is 9.11. The highest BCUT2D eigenvalue weighted by Crippen LogP contribution is 2.23. The second-order valence-corrected chi connectivity index (χ2v) is 4.21. The van der Waals surface area contributed by atoms with E-state index in [0.29, 0.717) is 6.10 Å². The quantitative estimate of drug-likeness (QED) is 0.839. The van der Waals surface area contributed by atoms with Gasteiger partial charge in [-0.1, -0.05) is 0 Å². The van der Waals surface area contributed by atoms with E-state index in [1.807, 2.05) is 24.3 Å². The Bertz CT molecular complexity index is 471. The first-order valence-corrected chi connectivity index (χ1v) is 5.76. The van der Waals surface area contributed by atoms with Gasteiger partial charge in [-0.05, 0) is 37.6 Å². The Morgan fingerprint density at radius 2 is 2.31 bits per heavy atom. The minimum Gasteiger partial charge on any atom is -0.489 e. The molecular formula is C13H15NO2. The lowest BCUT2D eigenvalue weighted by Crippen LogP contribution is -2.37. The van der Waals surface area contributed by atoms with Gasteiger partial charge in [-0.15, -0.1) is 0 Å². The van der Waals surface area contributed by atoms with E-state index in [4.69, 9.17) is 9.15 Å². The smallest absolute Gasteiger partial charge is 0.137 e. The molecular weight excluding hydrogens is 202 g/mol. The molecule has 1 fully saturated rings. The molecule has 1 aliphatic heterocycles. The van der Waals surface area contributed by atoms with Gasteiger partial charge < -0.3 is 14.5 Å². The van der Waals surface area contributed by atoms with Gasteiger partial charge in [0.2, 0.25) is 0 Å². The van der Waals surface area contributed by atoms with Crippen molar-refractivity contribution in [2.75, 3.05) is 13.1 Å². The Hall–Kier alpha value is -1.48. The van der Waals surface area contributed by atoms with Crippen LogP contribution in [0.4, 0.5) is 0 Å². The maximum atomic E-state index is 5.91. The van der Waals surface area contributed by atoms with Crippen molar-refractivity contribution in [3.05, 3.63) is 30.5 Å². The van der Waals surface area contributed by atoms with E-state index < -0.39 is 0 Å². The Morgan fingerprint density at radius 3 is 3.19 bits per heavy atom. The molecule has 0 aliphatic carbocycles. The van der Waals surface area contributed by atoms with Crippen LogP contribution in [-0.4, -0.2) is 19.2 Å². The van der Waals surface area contributed by atoms with Crippen molar-refractivity contribution >= 4 is 11.0 Å². The summed E-state index contributed by atoms with van der Waals surface area (Å²) in [5.74, 6) is 0.899. The number of rotatable bonds is 2. The van der Waals surface area contributed by atoms with Crippen LogP contribution in [0.25, 0.3) is 11.0 Å². The second kappa shape index (κ2) is 4.18. The number of hydrogen-bond donors (Lipinski definition) is 1. The Kier molecular flexibility index (Phi) is 2.54. The standard InChI is InChI=1S/C13H15NO2/c1-2-12(9-14-6-1)16-11-4-3-10-5-7-15-13(10)8-11/h3-5,7-8,12,14H,1-2,6,9H2. The van der Waals surface area contributed by atoms with Crippen LogP contribution in [0.15, 0.2) is 34.9 Å². The third kappa shape index (κ3) is 1.91. The lowest BCUT2D eigenvalue weighted by molar-refractivity contribution is 0.167. The van der Waals surface area contributed by atoms with Crippen molar-refractivity contribution in [3.8, 4) is 5.75 Å². The summed E-state index contributed by atoms with van der Waals surface area (Å²) >= 11 is 0. The molecule has 16 heavy (non-hydrogen) atoms. The number of ether oxygens (including phenoxy) is 1. The summed E-state index contributed by atoms with van der Waals surface area (Å²) < 4.78 is 11.3. The second-order valence-electron chi connectivity index (χ2n) is 4.21. The summed E-state index contributed by atoms with van der Waals surface area (Å²) in [6, 6.07) is 7.96. The number of piperidine rings is 1. The number of furan rings is 1. The maximum Gasteiger partial charge on any atom is 0.137 e. The minimum absolute atomic E-state index is 0.293. The molecule has 1 saturated heterocycles. The molecule has 0 bridgehead atoms. The molecule has 0 radical (unpaired) electrons. The van der Waals surface area contributed by atoms with E-state index in [1.54, 1.807) is 6.26 Å². The molecule has 0 spiro atoms. The molecule has 84 valence electrons. The van der Waals surface area contributed by atoms with Crippen molar-refractivity contribution in [1.29, 1.82) is 0 Å². The van der Waals surface area contributed by atoms with Crippen LogP contribution in [0.5, 0.6) is 5.75 Å². The predicted molar refractivity (Wildman–Crippen MR) is 62.7 cm³/mol. The van der Waals surface area contributed by atoms with Crippen LogP contribution in [0.3, 0.4) is 0 Å². The van der Waals surface area contributed by atoms with E-state index in [1.165, 1.54) is 6.42 Å². The van der Waals surface area contributed by atoms with Gasteiger partial charge in [0.25, 0.3) is 0 Å². The Labute approximate surface area is 94.4 Å². The normalized spacial score (nSPS) is 21.1. The average molecular weight is 217 g/mol. The molecule has 3 rings (SSSR count). The average Bonchev–Trinajstić information content (AvgIpc) is 2.77. The number of nitrogens with one attached hydrogen (secondary N) is 1. The SMILES string of the molecule is c1cc2ccc(OC3CCCNC3)cc2o1. The lowest BCUT2D eigenvalue weighted by Gasteiger charge is -2.23. The first kappa shape index (κ1) is 9.73. The summed E-state index contributed by atoms with van der Waals surface area (Å²) in [5, 5.41) is 4.46. The molecule has 2 heterocycles. The largest absolute Gasteiger partial charge is 0.489 e. The highest BCUT2D eigenvalue weighted by Gasteiger charge is 2.14. The van der Waals surface area contributed by atoms with Crippen LogP contribution in [-0.2, 0) is 0 Å². The molecule has 1 aliphatic rings. The first-order chi connectivity index (χ1) is 7.92. The summed E-state index contributed by atoms with van der Waals surface area (Å²) in [4.78, 5) is 0. The Balaban J connectivity index is 1.77. The molecule has 0 saturated carbocycles. The van der Waals surface area contributed by atoms with Gasteiger partial charge >= 0.3 is 0 Å². The van der Waals surface area contributed by atoms with Gasteiger partial charge in [0.15, 0.2) is 0 Å². The van der Waals surface area contributed by atoms with Crippen molar-refractivity contribution in [1.82, 2.24) is 5.32 Å². The third-order valence-corrected chi connectivity index (χ3v) is 2.98. The van der Waals surface area contributed by atoms with Gasteiger partial charge in [-0.3, -0.25) is 0 Å². The first-order valence-electron chi connectivity index (χ1n) is 5.76. The van der Waals surface area contributed by atoms with Gasteiger partial charge in [0.1, 0.15) is 17.4 Å². The molecule has 3 nitrogen and oxygen atoms in total. The molecule has 1 aromatic heterocycles. The summed E-state index contributed by atoms with van der Waals surface area (Å²) in [6.07, 6.45) is 4.31. The molecule has 1 aromatic carbocycles. The van der Waals surface area contributed by atoms with Crippen LogP contribution in [0, 0.1) is 0 Å². The molecule has 3 heteroatoms. The molecule has 1 unspecified atom stereocenters. The van der Waals surface area contributed by atoms with E-state index >= 15 is 0 Å². The molecule has 1 atom stereocenters. The number of hydrogen-bond acceptors (Lipinski definition) is 3. The Morgan fingerprint density at radius 1 is 1.31 bits per heavy atom. The van der Waals surface area contributed by atoms with E-state index in [0.717, 1.165) is 36.2 Å². The van der Waals surface area contributed by atoms with Gasteiger partial charge in [-0.2, -0.15) is 0 Å². The summed E-state index contributed by atoms with van der Waals surface area (Å²) in [7, 11) is 0. The summed E-state index contributed by atoms with van der Waals surface area (Å²) in [5.41, 5.74) is 0.890. The molecule has 1 N–H and O–H groups in total. The number of benzene rings is 1. The van der Waals surface area contributed by atoms with Gasteiger partial charge in [0.05, 0.1) is 6.26 Å². The van der Waals surface area contributed by atoms with Crippen LogP contribution < -0.4 is 10.1 Å². The zero-order valence-electron chi connectivity index (χ0n) is 9.11. The van der Waals surface area contributed by atoms with Gasteiger partial charge in [-0.25, -0.2) is 0 Å². The van der Waals surface area contributed by atoms with Crippen LogP contribution in [0.1, 0.15) is 12.8 Å². The van der Waals surface area contributed by atoms with Gasteiger partial charge in [0, 0.05) is 18.0 Å². The van der Waals surface area contributed by atoms with Crippen molar-refractivity contribution in [2.45, 2.75) is 18.9 Å². The van der Waals surface area contributed by atoms with Crippen molar-refractivity contribution in [3.63, 3.8) is 0 Å². The predicted octanol–water partition coefficient (Wildman–Crippen LogP) is 2.56. The zero-order chi connectivity index (χ0) is 10.8. The highest BCUT2D eigenvalue weighted by atomic mass is 16.5. The van der Waals surface area contributed by atoms with Crippen molar-refractivity contribution < 1.29 is 9.15 Å². The molecule has 2 aromatic rings.